The van der Waals surface area contributed by atoms with Crippen LogP contribution in [0.4, 0.5) is 0 Å². The number of aliphatic hydroxyl groups excluding tert-OH is 2. The number of hydrogen-bond donors (Lipinski definition) is 3. The van der Waals surface area contributed by atoms with E-state index in [9.17, 15) is 19.8 Å². The van der Waals surface area contributed by atoms with E-state index < -0.39 is 18.2 Å². The minimum Gasteiger partial charge on any atom is -0.462 e. The summed E-state index contributed by atoms with van der Waals surface area (Å²) >= 11 is 0. The van der Waals surface area contributed by atoms with Crippen molar-refractivity contribution in [2.24, 2.45) is 0 Å². The molecule has 3 unspecified atom stereocenters. The van der Waals surface area contributed by atoms with Gasteiger partial charge in [0.05, 0.1) is 25.2 Å². The maximum Gasteiger partial charge on any atom is 0.306 e. The van der Waals surface area contributed by atoms with Crippen LogP contribution in [-0.4, -0.2) is 46.9 Å². The molecule has 0 saturated heterocycles. The van der Waals surface area contributed by atoms with Gasteiger partial charge in [-0.05, 0) is 103 Å². The van der Waals surface area contributed by atoms with E-state index in [0.29, 0.717) is 19.3 Å². The summed E-state index contributed by atoms with van der Waals surface area (Å²) in [5.41, 5.74) is 0. The smallest absolute Gasteiger partial charge is 0.306 e. The van der Waals surface area contributed by atoms with Crippen molar-refractivity contribution in [1.82, 2.24) is 5.32 Å². The molecule has 3 N–H and O–H groups in total. The van der Waals surface area contributed by atoms with Crippen LogP contribution in [0.5, 0.6) is 0 Å². The summed E-state index contributed by atoms with van der Waals surface area (Å²) in [7, 11) is 0. The number of unbranched alkanes of at least 4 members (excludes halogenated alkanes) is 22. The van der Waals surface area contributed by atoms with Crippen molar-refractivity contribution in [3.05, 3.63) is 85.1 Å². The second-order valence-electron chi connectivity index (χ2n) is 18.2. The van der Waals surface area contributed by atoms with Gasteiger partial charge in [-0.15, -0.1) is 0 Å². The van der Waals surface area contributed by atoms with Crippen LogP contribution in [0.15, 0.2) is 85.1 Å². The SMILES string of the molecule is CC/C=C\C/C=C\C/C=C\C/C=C\C/C=C\CCCCCC(=O)OC(CCCCCCC/C=C\C/C=C\CCCCC)CC(=O)NC(CO)C(O)CCCCCCCCCCCCCC. The molecule has 0 aliphatic rings. The Kier molecular flexibility index (Phi) is 49.6. The summed E-state index contributed by atoms with van der Waals surface area (Å²) < 4.78 is 5.93. The van der Waals surface area contributed by atoms with E-state index in [1.807, 2.05) is 0 Å². The van der Waals surface area contributed by atoms with Crippen molar-refractivity contribution < 1.29 is 24.5 Å². The number of amides is 1. The summed E-state index contributed by atoms with van der Waals surface area (Å²) in [6.45, 7) is 6.33. The Morgan fingerprint density at radius 3 is 1.29 bits per heavy atom. The number of carbonyl (C=O) groups excluding carboxylic acids is 2. The van der Waals surface area contributed by atoms with Crippen LogP contribution >= 0.6 is 0 Å². The molecule has 0 aromatic heterocycles. The van der Waals surface area contributed by atoms with Crippen molar-refractivity contribution in [3.63, 3.8) is 0 Å². The summed E-state index contributed by atoms with van der Waals surface area (Å²) in [5, 5.41) is 23.8. The molecule has 0 aliphatic heterocycles. The largest absolute Gasteiger partial charge is 0.462 e. The molecule has 6 nitrogen and oxygen atoms in total. The van der Waals surface area contributed by atoms with Crippen molar-refractivity contribution in [2.75, 3.05) is 6.61 Å². The van der Waals surface area contributed by atoms with Gasteiger partial charge >= 0.3 is 5.97 Å². The van der Waals surface area contributed by atoms with Crippen LogP contribution < -0.4 is 5.32 Å². The zero-order chi connectivity index (χ0) is 47.4. The third-order valence-electron chi connectivity index (χ3n) is 12.0. The van der Waals surface area contributed by atoms with Crippen molar-refractivity contribution in [3.8, 4) is 0 Å². The minimum atomic E-state index is -0.801. The predicted octanol–water partition coefficient (Wildman–Crippen LogP) is 16.7. The Bertz CT molecular complexity index is 1250. The summed E-state index contributed by atoms with van der Waals surface area (Å²) in [6.07, 6.45) is 67.8. The van der Waals surface area contributed by atoms with Crippen LogP contribution in [0.25, 0.3) is 0 Å². The number of carbonyl (C=O) groups is 2. The van der Waals surface area contributed by atoms with Crippen molar-refractivity contribution in [2.45, 2.75) is 270 Å². The summed E-state index contributed by atoms with van der Waals surface area (Å²) in [4.78, 5) is 26.2. The molecule has 0 aromatic rings. The highest BCUT2D eigenvalue weighted by atomic mass is 16.5. The first kappa shape index (κ1) is 62.0. The molecule has 374 valence electrons. The first-order valence-electron chi connectivity index (χ1n) is 27.3. The quantitative estimate of drug-likeness (QED) is 0.0321. The molecule has 0 aliphatic carbocycles. The molecule has 0 aromatic carbocycles. The normalized spacial score (nSPS) is 13.9. The number of nitrogens with one attached hydrogen (secondary N) is 1. The van der Waals surface area contributed by atoms with Gasteiger partial charge in [-0.25, -0.2) is 0 Å². The molecule has 6 heteroatoms. The van der Waals surface area contributed by atoms with E-state index in [1.54, 1.807) is 0 Å². The second-order valence-corrected chi connectivity index (χ2v) is 18.2. The third kappa shape index (κ3) is 47.3. The lowest BCUT2D eigenvalue weighted by Gasteiger charge is -2.24. The molecule has 1 amide bonds. The Balaban J connectivity index is 4.67. The molecule has 0 rings (SSSR count). The van der Waals surface area contributed by atoms with Gasteiger partial charge < -0.3 is 20.3 Å². The van der Waals surface area contributed by atoms with E-state index >= 15 is 0 Å². The fraction of sp³-hybridized carbons (Fsp3) is 0.729. The van der Waals surface area contributed by atoms with Gasteiger partial charge in [0.15, 0.2) is 0 Å². The number of esters is 1. The van der Waals surface area contributed by atoms with Gasteiger partial charge in [-0.2, -0.15) is 0 Å². The van der Waals surface area contributed by atoms with E-state index in [4.69, 9.17) is 4.74 Å². The maximum atomic E-state index is 13.2. The molecule has 0 radical (unpaired) electrons. The summed E-state index contributed by atoms with van der Waals surface area (Å²) in [5.74, 6) is -0.527. The monoisotopic (exact) mass is 906 g/mol. The number of aliphatic hydroxyl groups is 2. The highest BCUT2D eigenvalue weighted by molar-refractivity contribution is 5.77. The van der Waals surface area contributed by atoms with E-state index in [1.165, 1.54) is 89.9 Å². The molecule has 0 bridgehead atoms. The predicted molar refractivity (Wildman–Crippen MR) is 282 cm³/mol. The molecule has 0 fully saturated rings. The first-order chi connectivity index (χ1) is 32.0. The Morgan fingerprint density at radius 1 is 0.462 bits per heavy atom. The lowest BCUT2D eigenvalue weighted by Crippen LogP contribution is -2.46. The lowest BCUT2D eigenvalue weighted by atomic mass is 10.0. The number of allylic oxidation sites excluding steroid dienone is 14. The molecule has 0 heterocycles. The lowest BCUT2D eigenvalue weighted by molar-refractivity contribution is -0.151. The van der Waals surface area contributed by atoms with Gasteiger partial charge in [0.25, 0.3) is 0 Å². The van der Waals surface area contributed by atoms with Crippen LogP contribution in [0, 0.1) is 0 Å². The molecule has 0 spiro atoms. The molecular formula is C59H103NO5. The fourth-order valence-electron chi connectivity index (χ4n) is 7.84. The van der Waals surface area contributed by atoms with E-state index in [0.717, 1.165) is 116 Å². The van der Waals surface area contributed by atoms with Crippen LogP contribution in [0.2, 0.25) is 0 Å². The third-order valence-corrected chi connectivity index (χ3v) is 12.0. The zero-order valence-corrected chi connectivity index (χ0v) is 42.6. The van der Waals surface area contributed by atoms with E-state index in [2.05, 4.69) is 111 Å². The molecule has 65 heavy (non-hydrogen) atoms. The van der Waals surface area contributed by atoms with Gasteiger partial charge in [-0.3, -0.25) is 9.59 Å². The Labute approximate surface area is 402 Å². The maximum absolute atomic E-state index is 13.2. The average Bonchev–Trinajstić information content (AvgIpc) is 3.30. The second kappa shape index (κ2) is 52.0. The summed E-state index contributed by atoms with van der Waals surface area (Å²) in [6, 6.07) is -0.717. The fourth-order valence-corrected chi connectivity index (χ4v) is 7.84. The first-order valence-corrected chi connectivity index (χ1v) is 27.3. The standard InChI is InChI=1S/C59H103NO5/c1-4-7-10-13-16-19-22-25-27-28-29-30-32-34-37-40-43-46-49-52-59(64)65-55(50-47-44-41-38-35-33-31-26-23-20-17-14-11-8-5-2)53-58(63)60-56(54-61)57(62)51-48-45-42-39-36-24-21-18-15-12-9-6-3/h7,10,16-17,19-20,25-27,29-31,34,37,55-57,61-62H,4-6,8-9,11-15,18,21-24,28,32-33,35-36,38-54H2,1-3H3,(H,60,63)/b10-7-,19-16-,20-17-,27-25-,30-29-,31-26-,37-34-. The van der Waals surface area contributed by atoms with Crippen LogP contribution in [-0.2, 0) is 14.3 Å². The van der Waals surface area contributed by atoms with Crippen LogP contribution in [0.1, 0.15) is 252 Å². The highest BCUT2D eigenvalue weighted by Gasteiger charge is 2.24. The van der Waals surface area contributed by atoms with Crippen molar-refractivity contribution >= 4 is 11.9 Å². The minimum absolute atomic E-state index is 0.0511. The van der Waals surface area contributed by atoms with Gasteiger partial charge in [0, 0.05) is 6.42 Å². The topological polar surface area (TPSA) is 95.9 Å². The average molecular weight is 906 g/mol. The Morgan fingerprint density at radius 2 is 0.831 bits per heavy atom. The zero-order valence-electron chi connectivity index (χ0n) is 42.6. The number of ether oxygens (including phenoxy) is 1. The number of rotatable bonds is 48. The number of hydrogen-bond acceptors (Lipinski definition) is 5. The Hall–Kier alpha value is -2.96. The molecule has 3 atom stereocenters. The highest BCUT2D eigenvalue weighted by Crippen LogP contribution is 2.17. The van der Waals surface area contributed by atoms with Gasteiger partial charge in [0.1, 0.15) is 6.10 Å². The molecule has 0 saturated carbocycles. The van der Waals surface area contributed by atoms with Gasteiger partial charge in [-0.1, -0.05) is 221 Å². The van der Waals surface area contributed by atoms with Crippen LogP contribution in [0.3, 0.4) is 0 Å². The van der Waals surface area contributed by atoms with Gasteiger partial charge in [0.2, 0.25) is 5.91 Å². The van der Waals surface area contributed by atoms with Crippen molar-refractivity contribution in [1.29, 1.82) is 0 Å². The molecular weight excluding hydrogens is 803 g/mol. The van der Waals surface area contributed by atoms with E-state index in [-0.39, 0.29) is 24.9 Å².